The molecular weight excluding hydrogens is 326 g/mol. The van der Waals surface area contributed by atoms with Gasteiger partial charge in [0, 0.05) is 5.02 Å². The molecule has 0 heterocycles. The van der Waals surface area contributed by atoms with Crippen LogP contribution in [0.4, 0.5) is 4.39 Å². The van der Waals surface area contributed by atoms with Gasteiger partial charge in [-0.15, -0.1) is 0 Å². The summed E-state index contributed by atoms with van der Waals surface area (Å²) in [7, 11) is -4.13. The molecule has 3 nitrogen and oxygen atoms in total. The lowest BCUT2D eigenvalue weighted by Gasteiger charge is -2.09. The van der Waals surface area contributed by atoms with Gasteiger partial charge in [0.05, 0.1) is 5.02 Å². The van der Waals surface area contributed by atoms with Crippen LogP contribution in [0, 0.1) is 12.7 Å². The Morgan fingerprint density at radius 3 is 2.35 bits per heavy atom. The number of hydrogen-bond donors (Lipinski definition) is 0. The molecule has 0 unspecified atom stereocenters. The minimum atomic E-state index is -4.13. The Morgan fingerprint density at radius 2 is 1.75 bits per heavy atom. The average molecular weight is 335 g/mol. The highest BCUT2D eigenvalue weighted by atomic mass is 35.5. The van der Waals surface area contributed by atoms with Crippen LogP contribution in [0.3, 0.4) is 0 Å². The average Bonchev–Trinajstić information content (AvgIpc) is 2.33. The van der Waals surface area contributed by atoms with E-state index >= 15 is 0 Å². The Balaban J connectivity index is 2.38. The normalized spacial score (nSPS) is 11.4. The molecule has 20 heavy (non-hydrogen) atoms. The van der Waals surface area contributed by atoms with Gasteiger partial charge in [0.15, 0.2) is 0 Å². The molecule has 106 valence electrons. The lowest BCUT2D eigenvalue weighted by atomic mass is 10.2. The fourth-order valence-electron chi connectivity index (χ4n) is 1.52. The summed E-state index contributed by atoms with van der Waals surface area (Å²) in [5.41, 5.74) is 0.671. The highest BCUT2D eigenvalue weighted by Gasteiger charge is 2.21. The Hall–Kier alpha value is -1.30. The largest absolute Gasteiger partial charge is 0.379 e. The highest BCUT2D eigenvalue weighted by Crippen LogP contribution is 2.27. The van der Waals surface area contributed by atoms with E-state index in [1.54, 1.807) is 6.92 Å². The molecule has 0 aliphatic heterocycles. The van der Waals surface area contributed by atoms with Crippen molar-refractivity contribution in [1.82, 2.24) is 0 Å². The first-order chi connectivity index (χ1) is 9.29. The van der Waals surface area contributed by atoms with Gasteiger partial charge in [-0.05, 0) is 48.9 Å². The van der Waals surface area contributed by atoms with E-state index in [2.05, 4.69) is 0 Å². The molecule has 0 saturated heterocycles. The zero-order valence-corrected chi connectivity index (χ0v) is 12.6. The minimum Gasteiger partial charge on any atom is -0.379 e. The van der Waals surface area contributed by atoms with E-state index in [0.29, 0.717) is 10.6 Å². The zero-order valence-electron chi connectivity index (χ0n) is 10.2. The Bertz CT molecular complexity index is 760. The van der Waals surface area contributed by atoms with Gasteiger partial charge in [0.1, 0.15) is 16.5 Å². The van der Waals surface area contributed by atoms with Crippen LogP contribution in [-0.4, -0.2) is 8.42 Å². The second-order valence-electron chi connectivity index (χ2n) is 4.02. The Morgan fingerprint density at radius 1 is 1.05 bits per heavy atom. The molecule has 0 N–H and O–H groups in total. The lowest BCUT2D eigenvalue weighted by molar-refractivity contribution is 0.485. The quantitative estimate of drug-likeness (QED) is 0.789. The fraction of sp³-hybridized carbons (Fsp3) is 0.0769. The van der Waals surface area contributed by atoms with Crippen LogP contribution in [0.1, 0.15) is 5.56 Å². The van der Waals surface area contributed by atoms with Crippen LogP contribution in [-0.2, 0) is 10.1 Å². The van der Waals surface area contributed by atoms with Gasteiger partial charge in [-0.2, -0.15) is 8.42 Å². The van der Waals surface area contributed by atoms with Crippen LogP contribution in [0.2, 0.25) is 10.0 Å². The maximum absolute atomic E-state index is 12.9. The summed E-state index contributed by atoms with van der Waals surface area (Å²) < 4.78 is 42.0. The van der Waals surface area contributed by atoms with Gasteiger partial charge in [0.25, 0.3) is 0 Å². The molecule has 0 aliphatic carbocycles. The first kappa shape index (κ1) is 15.1. The molecule has 2 aromatic carbocycles. The molecule has 0 bridgehead atoms. The van der Waals surface area contributed by atoms with Crippen molar-refractivity contribution in [2.45, 2.75) is 11.8 Å². The van der Waals surface area contributed by atoms with Crippen LogP contribution >= 0.6 is 23.2 Å². The van der Waals surface area contributed by atoms with Crippen molar-refractivity contribution in [2.75, 3.05) is 0 Å². The summed E-state index contributed by atoms with van der Waals surface area (Å²) in [5.74, 6) is -0.524. The number of halogens is 3. The van der Waals surface area contributed by atoms with Gasteiger partial charge in [-0.1, -0.05) is 23.2 Å². The van der Waals surface area contributed by atoms with Crippen molar-refractivity contribution in [3.63, 3.8) is 0 Å². The van der Waals surface area contributed by atoms with Gasteiger partial charge in [0.2, 0.25) is 0 Å². The standard InChI is InChI=1S/C13H9Cl2FO3S/c1-8-6-10(3-4-11(8)14)19-20(17,18)13-5-2-9(16)7-12(13)15/h2-7H,1H3. The lowest BCUT2D eigenvalue weighted by Crippen LogP contribution is -2.10. The molecule has 2 aromatic rings. The molecule has 7 heteroatoms. The molecule has 0 spiro atoms. The Labute approximate surface area is 126 Å². The molecule has 0 aromatic heterocycles. The van der Waals surface area contributed by atoms with E-state index in [4.69, 9.17) is 27.4 Å². The molecule has 0 radical (unpaired) electrons. The molecule has 0 aliphatic rings. The molecule has 0 amide bonds. The number of aryl methyl sites for hydroxylation is 1. The summed E-state index contributed by atoms with van der Waals surface area (Å²) in [6.07, 6.45) is 0. The zero-order chi connectivity index (χ0) is 14.9. The smallest absolute Gasteiger partial charge is 0.340 e. The topological polar surface area (TPSA) is 43.4 Å². The molecule has 0 atom stereocenters. The van der Waals surface area contributed by atoms with Crippen molar-refractivity contribution in [3.05, 3.63) is 57.8 Å². The molecule has 0 fully saturated rings. The van der Waals surface area contributed by atoms with E-state index in [0.717, 1.165) is 18.2 Å². The maximum atomic E-state index is 12.9. The summed E-state index contributed by atoms with van der Waals surface area (Å²) in [4.78, 5) is -0.298. The monoisotopic (exact) mass is 334 g/mol. The maximum Gasteiger partial charge on any atom is 0.340 e. The molecule has 2 rings (SSSR count). The van der Waals surface area contributed by atoms with Crippen LogP contribution in [0.25, 0.3) is 0 Å². The van der Waals surface area contributed by atoms with Gasteiger partial charge < -0.3 is 4.18 Å². The second kappa shape index (κ2) is 5.60. The van der Waals surface area contributed by atoms with Crippen molar-refractivity contribution in [2.24, 2.45) is 0 Å². The summed E-state index contributed by atoms with van der Waals surface area (Å²) >= 11 is 11.6. The first-order valence-electron chi connectivity index (χ1n) is 5.45. The van der Waals surface area contributed by atoms with Crippen LogP contribution in [0.5, 0.6) is 5.75 Å². The van der Waals surface area contributed by atoms with Crippen LogP contribution in [0.15, 0.2) is 41.3 Å². The predicted molar refractivity (Wildman–Crippen MR) is 75.4 cm³/mol. The van der Waals surface area contributed by atoms with E-state index in [1.807, 2.05) is 0 Å². The number of hydrogen-bond acceptors (Lipinski definition) is 3. The first-order valence-corrected chi connectivity index (χ1v) is 7.62. The fourth-order valence-corrected chi connectivity index (χ4v) is 3.07. The third-order valence-electron chi connectivity index (χ3n) is 2.50. The summed E-state index contributed by atoms with van der Waals surface area (Å²) in [6, 6.07) is 7.38. The molecular formula is C13H9Cl2FO3S. The Kier molecular flexibility index (Phi) is 4.22. The van der Waals surface area contributed by atoms with Gasteiger partial charge >= 0.3 is 10.1 Å². The van der Waals surface area contributed by atoms with Gasteiger partial charge in [-0.3, -0.25) is 0 Å². The molecule has 0 saturated carbocycles. The third-order valence-corrected chi connectivity index (χ3v) is 4.65. The predicted octanol–water partition coefficient (Wildman–Crippen LogP) is 4.21. The second-order valence-corrected chi connectivity index (χ2v) is 6.35. The summed E-state index contributed by atoms with van der Waals surface area (Å²) in [5, 5.41) is 0.255. The van der Waals surface area contributed by atoms with Crippen molar-refractivity contribution < 1.29 is 17.0 Å². The van der Waals surface area contributed by atoms with E-state index in [-0.39, 0.29) is 15.7 Å². The number of benzene rings is 2. The van der Waals surface area contributed by atoms with Crippen LogP contribution < -0.4 is 4.18 Å². The van der Waals surface area contributed by atoms with E-state index in [1.165, 1.54) is 18.2 Å². The third kappa shape index (κ3) is 3.23. The van der Waals surface area contributed by atoms with Crippen molar-refractivity contribution in [3.8, 4) is 5.75 Å². The van der Waals surface area contributed by atoms with E-state index < -0.39 is 15.9 Å². The van der Waals surface area contributed by atoms with Crippen molar-refractivity contribution >= 4 is 33.3 Å². The van der Waals surface area contributed by atoms with Crippen molar-refractivity contribution in [1.29, 1.82) is 0 Å². The minimum absolute atomic E-state index is 0.104. The number of rotatable bonds is 3. The van der Waals surface area contributed by atoms with Gasteiger partial charge in [-0.25, -0.2) is 4.39 Å². The van der Waals surface area contributed by atoms with E-state index in [9.17, 15) is 12.8 Å². The highest BCUT2D eigenvalue weighted by molar-refractivity contribution is 7.87. The SMILES string of the molecule is Cc1cc(OS(=O)(=O)c2ccc(F)cc2Cl)ccc1Cl. The summed E-state index contributed by atoms with van der Waals surface area (Å²) in [6.45, 7) is 1.71.